The quantitative estimate of drug-likeness (QED) is 0.649. The third-order valence-corrected chi connectivity index (χ3v) is 5.20. The summed E-state index contributed by atoms with van der Waals surface area (Å²) in [5.74, 6) is 0.576. The lowest BCUT2D eigenvalue weighted by molar-refractivity contribution is 0.163. The van der Waals surface area contributed by atoms with Crippen molar-refractivity contribution < 1.29 is 13.5 Å². The fraction of sp³-hybridized carbons (Fsp3) is 1.00. The van der Waals surface area contributed by atoms with E-state index in [4.69, 9.17) is 0 Å². The van der Waals surface area contributed by atoms with Crippen molar-refractivity contribution in [2.24, 2.45) is 5.92 Å². The highest BCUT2D eigenvalue weighted by Crippen LogP contribution is 2.16. The van der Waals surface area contributed by atoms with Gasteiger partial charge in [-0.2, -0.15) is 0 Å². The molecule has 3 atom stereocenters. The third kappa shape index (κ3) is 2.94. The van der Waals surface area contributed by atoms with Gasteiger partial charge in [0, 0.05) is 12.6 Å². The van der Waals surface area contributed by atoms with Crippen LogP contribution >= 0.6 is 0 Å². The molecule has 2 N–H and O–H groups in total. The predicted molar refractivity (Wildman–Crippen MR) is 62.1 cm³/mol. The van der Waals surface area contributed by atoms with Crippen LogP contribution in [-0.2, 0) is 9.84 Å². The number of nitrogens with zero attached hydrogens (tertiary/aromatic N) is 1. The maximum Gasteiger partial charge on any atom is 0.154 e. The highest BCUT2D eigenvalue weighted by Gasteiger charge is 2.36. The van der Waals surface area contributed by atoms with Crippen LogP contribution in [0.1, 0.15) is 6.42 Å². The second-order valence-corrected chi connectivity index (χ2v) is 7.23. The summed E-state index contributed by atoms with van der Waals surface area (Å²) >= 11 is 0. The van der Waals surface area contributed by atoms with Gasteiger partial charge in [0.05, 0.1) is 17.6 Å². The molecule has 2 saturated heterocycles. The molecule has 0 aromatic rings. The topological polar surface area (TPSA) is 69.6 Å². The number of nitrogens with one attached hydrogen (secondary N) is 1. The zero-order valence-corrected chi connectivity index (χ0v) is 10.4. The average Bonchev–Trinajstić information content (AvgIpc) is 2.67. The molecule has 2 aliphatic heterocycles. The summed E-state index contributed by atoms with van der Waals surface area (Å²) in [4.78, 5) is 2.27. The van der Waals surface area contributed by atoms with E-state index in [1.807, 2.05) is 0 Å². The molecule has 3 unspecified atom stereocenters. The molecule has 0 aromatic carbocycles. The Morgan fingerprint density at radius 1 is 1.44 bits per heavy atom. The zero-order chi connectivity index (χ0) is 11.8. The third-order valence-electron chi connectivity index (χ3n) is 3.48. The van der Waals surface area contributed by atoms with Crippen LogP contribution < -0.4 is 5.32 Å². The summed E-state index contributed by atoms with van der Waals surface area (Å²) in [5, 5.41) is 12.8. The molecule has 16 heavy (non-hydrogen) atoms. The molecule has 2 heterocycles. The van der Waals surface area contributed by atoms with Gasteiger partial charge in [-0.15, -0.1) is 0 Å². The Morgan fingerprint density at radius 3 is 2.69 bits per heavy atom. The van der Waals surface area contributed by atoms with E-state index in [1.54, 1.807) is 0 Å². The van der Waals surface area contributed by atoms with E-state index in [0.29, 0.717) is 5.92 Å². The van der Waals surface area contributed by atoms with Crippen molar-refractivity contribution in [1.82, 2.24) is 10.2 Å². The summed E-state index contributed by atoms with van der Waals surface area (Å²) in [5.41, 5.74) is 0. The lowest BCUT2D eigenvalue weighted by Gasteiger charge is -2.18. The monoisotopic (exact) mass is 248 g/mol. The van der Waals surface area contributed by atoms with Crippen molar-refractivity contribution in [2.45, 2.75) is 18.6 Å². The Morgan fingerprint density at radius 2 is 2.19 bits per heavy atom. The Hall–Kier alpha value is -0.170. The fourth-order valence-electron chi connectivity index (χ4n) is 2.53. The van der Waals surface area contributed by atoms with E-state index in [9.17, 15) is 13.5 Å². The standard InChI is InChI=1S/C10H20N2O3S/c1-12-3-2-8(5-12)4-11-9-6-16(14,15)7-10(9)13/h8-11,13H,2-7H2,1H3. The largest absolute Gasteiger partial charge is 0.390 e. The lowest BCUT2D eigenvalue weighted by Crippen LogP contribution is -2.41. The molecule has 5 nitrogen and oxygen atoms in total. The predicted octanol–water partition coefficient (Wildman–Crippen LogP) is -1.31. The van der Waals surface area contributed by atoms with Crippen LogP contribution in [0.2, 0.25) is 0 Å². The minimum Gasteiger partial charge on any atom is -0.390 e. The second-order valence-electron chi connectivity index (χ2n) is 5.08. The molecule has 2 fully saturated rings. The maximum absolute atomic E-state index is 11.3. The Kier molecular flexibility index (Phi) is 3.53. The summed E-state index contributed by atoms with van der Waals surface area (Å²) < 4.78 is 22.6. The van der Waals surface area contributed by atoms with E-state index >= 15 is 0 Å². The zero-order valence-electron chi connectivity index (χ0n) is 9.59. The molecular formula is C10H20N2O3S. The van der Waals surface area contributed by atoms with Gasteiger partial charge in [-0.3, -0.25) is 0 Å². The van der Waals surface area contributed by atoms with E-state index in [0.717, 1.165) is 26.1 Å². The lowest BCUT2D eigenvalue weighted by atomic mass is 10.1. The van der Waals surface area contributed by atoms with Crippen LogP contribution in [0.4, 0.5) is 0 Å². The molecule has 94 valence electrons. The summed E-state index contributed by atoms with van der Waals surface area (Å²) in [6, 6.07) is -0.268. The van der Waals surface area contributed by atoms with Crippen molar-refractivity contribution in [3.63, 3.8) is 0 Å². The summed E-state index contributed by atoms with van der Waals surface area (Å²) in [6.45, 7) is 2.97. The summed E-state index contributed by atoms with van der Waals surface area (Å²) in [6.07, 6.45) is 0.420. The molecule has 0 spiro atoms. The molecular weight excluding hydrogens is 228 g/mol. The van der Waals surface area contributed by atoms with Gasteiger partial charge in [0.25, 0.3) is 0 Å². The molecule has 0 saturated carbocycles. The smallest absolute Gasteiger partial charge is 0.154 e. The highest BCUT2D eigenvalue weighted by molar-refractivity contribution is 7.91. The second kappa shape index (κ2) is 4.60. The first kappa shape index (κ1) is 12.3. The molecule has 6 heteroatoms. The van der Waals surface area contributed by atoms with Gasteiger partial charge >= 0.3 is 0 Å². The first-order valence-electron chi connectivity index (χ1n) is 5.77. The number of rotatable bonds is 3. The molecule has 0 aliphatic carbocycles. The van der Waals surface area contributed by atoms with Crippen LogP contribution in [0.5, 0.6) is 0 Å². The number of hydrogen-bond acceptors (Lipinski definition) is 5. The van der Waals surface area contributed by atoms with Crippen molar-refractivity contribution in [3.05, 3.63) is 0 Å². The number of likely N-dealkylation sites (tertiary alicyclic amines) is 1. The van der Waals surface area contributed by atoms with Gasteiger partial charge in [0.2, 0.25) is 0 Å². The van der Waals surface area contributed by atoms with Gasteiger partial charge in [-0.05, 0) is 32.5 Å². The van der Waals surface area contributed by atoms with Crippen molar-refractivity contribution in [3.8, 4) is 0 Å². The Labute approximate surface area is 96.7 Å². The van der Waals surface area contributed by atoms with Gasteiger partial charge in [0.1, 0.15) is 0 Å². The van der Waals surface area contributed by atoms with Crippen LogP contribution in [0.25, 0.3) is 0 Å². The minimum atomic E-state index is -3.02. The van der Waals surface area contributed by atoms with E-state index in [1.165, 1.54) is 0 Å². The minimum absolute atomic E-state index is 0.0801. The fourth-order valence-corrected chi connectivity index (χ4v) is 4.31. The molecule has 0 bridgehead atoms. The highest BCUT2D eigenvalue weighted by atomic mass is 32.2. The van der Waals surface area contributed by atoms with Gasteiger partial charge in [0.15, 0.2) is 9.84 Å². The van der Waals surface area contributed by atoms with Crippen LogP contribution in [0, 0.1) is 5.92 Å². The van der Waals surface area contributed by atoms with E-state index in [2.05, 4.69) is 17.3 Å². The van der Waals surface area contributed by atoms with Crippen molar-refractivity contribution >= 4 is 9.84 Å². The molecule has 2 rings (SSSR count). The number of aliphatic hydroxyl groups is 1. The number of sulfone groups is 1. The van der Waals surface area contributed by atoms with Gasteiger partial charge in [-0.1, -0.05) is 0 Å². The average molecular weight is 248 g/mol. The van der Waals surface area contributed by atoms with Crippen molar-refractivity contribution in [2.75, 3.05) is 38.2 Å². The normalized spacial score (nSPS) is 39.2. The van der Waals surface area contributed by atoms with E-state index < -0.39 is 15.9 Å². The Bertz CT molecular complexity index is 344. The number of aliphatic hydroxyl groups excluding tert-OH is 1. The number of hydrogen-bond donors (Lipinski definition) is 2. The van der Waals surface area contributed by atoms with Gasteiger partial charge in [-0.25, -0.2) is 8.42 Å². The van der Waals surface area contributed by atoms with Crippen LogP contribution in [0.15, 0.2) is 0 Å². The maximum atomic E-state index is 11.3. The SMILES string of the molecule is CN1CCC(CNC2CS(=O)(=O)CC2O)C1. The molecule has 0 radical (unpaired) electrons. The molecule has 0 aromatic heterocycles. The van der Waals surface area contributed by atoms with Crippen LogP contribution in [0.3, 0.4) is 0 Å². The first-order chi connectivity index (χ1) is 7.46. The molecule has 2 aliphatic rings. The Balaban J connectivity index is 1.78. The van der Waals surface area contributed by atoms with Gasteiger partial charge < -0.3 is 15.3 Å². The summed E-state index contributed by atoms with van der Waals surface area (Å²) in [7, 11) is -0.932. The van der Waals surface area contributed by atoms with Crippen molar-refractivity contribution in [1.29, 1.82) is 0 Å². The van der Waals surface area contributed by atoms with E-state index in [-0.39, 0.29) is 17.5 Å². The molecule has 0 amide bonds. The van der Waals surface area contributed by atoms with Crippen LogP contribution in [-0.4, -0.2) is 68.8 Å². The first-order valence-corrected chi connectivity index (χ1v) is 7.59.